The Balaban J connectivity index is 1.96. The maximum Gasteiger partial charge on any atom is 0.323 e. The lowest BCUT2D eigenvalue weighted by Crippen LogP contribution is -2.52. The number of nitrogens with zero attached hydrogens (tertiary/aromatic N) is 4. The second-order valence-electron chi connectivity index (χ2n) is 7.35. The van der Waals surface area contributed by atoms with E-state index in [4.69, 9.17) is 10.7 Å². The molecule has 1 fully saturated rings. The molecule has 1 aromatic rings. The number of fused-ring (bicyclic) bond motifs is 1. The third kappa shape index (κ3) is 3.81. The number of anilines is 2. The van der Waals surface area contributed by atoms with Crippen LogP contribution in [0.2, 0.25) is 0 Å². The fourth-order valence-corrected chi connectivity index (χ4v) is 2.89. The molecule has 1 aliphatic carbocycles. The first kappa shape index (κ1) is 18.2. The molecule has 1 saturated carbocycles. The number of likely N-dealkylation sites (N-methyl/N-ethyl adjacent to an activating group) is 1. The van der Waals surface area contributed by atoms with Gasteiger partial charge in [0, 0.05) is 43.7 Å². The molecule has 7 nitrogen and oxygen atoms in total. The van der Waals surface area contributed by atoms with Crippen LogP contribution in [0.3, 0.4) is 0 Å². The van der Waals surface area contributed by atoms with E-state index in [0.29, 0.717) is 18.4 Å². The summed E-state index contributed by atoms with van der Waals surface area (Å²) in [5, 5.41) is 2.96. The summed E-state index contributed by atoms with van der Waals surface area (Å²) < 4.78 is 0. The Morgan fingerprint density at radius 3 is 2.77 bits per heavy atom. The number of hydrogen-bond acceptors (Lipinski definition) is 5. The van der Waals surface area contributed by atoms with Crippen molar-refractivity contribution in [2.45, 2.75) is 51.7 Å². The number of carbonyl (C=O) groups is 1. The van der Waals surface area contributed by atoms with Crippen molar-refractivity contribution in [2.75, 3.05) is 23.4 Å². The topological polar surface area (TPSA) is 86.9 Å². The van der Waals surface area contributed by atoms with Crippen molar-refractivity contribution in [1.29, 1.82) is 0 Å². The van der Waals surface area contributed by atoms with Gasteiger partial charge in [-0.05, 0) is 45.7 Å². The van der Waals surface area contributed by atoms with Gasteiger partial charge in [-0.2, -0.15) is 0 Å². The summed E-state index contributed by atoms with van der Waals surface area (Å²) >= 11 is 0. The van der Waals surface area contributed by atoms with Crippen LogP contribution in [0.4, 0.5) is 16.3 Å². The predicted octanol–water partition coefficient (Wildman–Crippen LogP) is 2.38. The molecule has 140 valence electrons. The average Bonchev–Trinajstić information content (AvgIpc) is 3.42. The largest absolute Gasteiger partial charge is 0.404 e. The molecule has 1 aliphatic heterocycles. The van der Waals surface area contributed by atoms with Crippen molar-refractivity contribution < 1.29 is 4.79 Å². The molecule has 0 aromatic carbocycles. The van der Waals surface area contributed by atoms with Crippen LogP contribution in [0.25, 0.3) is 5.57 Å². The minimum atomic E-state index is -0.129. The monoisotopic (exact) mass is 356 g/mol. The molecule has 3 rings (SSSR count). The number of pyridine rings is 1. The van der Waals surface area contributed by atoms with E-state index in [1.807, 2.05) is 33.0 Å². The van der Waals surface area contributed by atoms with E-state index in [1.165, 1.54) is 6.20 Å². The number of amides is 2. The van der Waals surface area contributed by atoms with Gasteiger partial charge in [0.1, 0.15) is 0 Å². The number of nitrogens with two attached hydrogens (primary N) is 1. The Labute approximate surface area is 155 Å². The number of rotatable bonds is 4. The fourth-order valence-electron chi connectivity index (χ4n) is 2.89. The Bertz CT molecular complexity index is 738. The van der Waals surface area contributed by atoms with E-state index in [0.717, 1.165) is 29.8 Å². The maximum absolute atomic E-state index is 12.7. The van der Waals surface area contributed by atoms with Gasteiger partial charge in [0.2, 0.25) is 0 Å². The molecule has 2 aliphatic rings. The zero-order valence-electron chi connectivity index (χ0n) is 15.9. The number of nitrogens with one attached hydrogen (secondary N) is 1. The molecule has 0 radical (unpaired) electrons. The van der Waals surface area contributed by atoms with Crippen LogP contribution in [-0.2, 0) is 0 Å². The molecule has 7 heteroatoms. The first-order valence-electron chi connectivity index (χ1n) is 9.18. The molecule has 2 amide bonds. The van der Waals surface area contributed by atoms with Crippen LogP contribution in [0, 0.1) is 0 Å². The lowest BCUT2D eigenvalue weighted by molar-refractivity contribution is 0.243. The van der Waals surface area contributed by atoms with E-state index < -0.39 is 0 Å². The normalized spacial score (nSPS) is 20.7. The smallest absolute Gasteiger partial charge is 0.323 e. The van der Waals surface area contributed by atoms with Crippen LogP contribution < -0.4 is 20.9 Å². The van der Waals surface area contributed by atoms with Crippen molar-refractivity contribution in [3.63, 3.8) is 0 Å². The molecule has 0 spiro atoms. The number of urea groups is 1. The summed E-state index contributed by atoms with van der Waals surface area (Å²) in [5.74, 6) is 0.653. The highest BCUT2D eigenvalue weighted by molar-refractivity contribution is 6.09. The maximum atomic E-state index is 12.7. The average molecular weight is 356 g/mol. The summed E-state index contributed by atoms with van der Waals surface area (Å²) in [6.45, 7) is 6.58. The molecule has 3 N–H and O–H groups in total. The van der Waals surface area contributed by atoms with Gasteiger partial charge in [-0.25, -0.2) is 9.78 Å². The zero-order valence-corrected chi connectivity index (χ0v) is 15.9. The van der Waals surface area contributed by atoms with Gasteiger partial charge in [0.05, 0.1) is 17.4 Å². The second-order valence-corrected chi connectivity index (χ2v) is 7.35. The minimum Gasteiger partial charge on any atom is -0.404 e. The predicted molar refractivity (Wildman–Crippen MR) is 107 cm³/mol. The highest BCUT2D eigenvalue weighted by atomic mass is 16.2. The van der Waals surface area contributed by atoms with Crippen LogP contribution in [-0.4, -0.2) is 48.9 Å². The van der Waals surface area contributed by atoms with Crippen LogP contribution in [0.15, 0.2) is 23.3 Å². The first-order valence-corrected chi connectivity index (χ1v) is 9.18. The summed E-state index contributed by atoms with van der Waals surface area (Å²) in [6, 6.07) is 4.49. The Morgan fingerprint density at radius 1 is 1.42 bits per heavy atom. The number of aliphatic imine (C=N–C) groups is 1. The van der Waals surface area contributed by atoms with E-state index in [-0.39, 0.29) is 18.1 Å². The van der Waals surface area contributed by atoms with Crippen LogP contribution >= 0.6 is 0 Å². The highest BCUT2D eigenvalue weighted by Crippen LogP contribution is 2.34. The minimum absolute atomic E-state index is 0.0641. The van der Waals surface area contributed by atoms with Gasteiger partial charge < -0.3 is 16.0 Å². The van der Waals surface area contributed by atoms with Crippen molar-refractivity contribution in [3.8, 4) is 0 Å². The number of carbonyl (C=O) groups excluding carboxylic acids is 1. The van der Waals surface area contributed by atoms with Gasteiger partial charge in [0.15, 0.2) is 5.82 Å². The lowest BCUT2D eigenvalue weighted by atomic mass is 10.1. The second kappa shape index (κ2) is 7.35. The summed E-state index contributed by atoms with van der Waals surface area (Å²) in [5.41, 5.74) is 8.22. The van der Waals surface area contributed by atoms with Crippen LogP contribution in [0.1, 0.15) is 39.3 Å². The van der Waals surface area contributed by atoms with E-state index in [2.05, 4.69) is 22.1 Å². The van der Waals surface area contributed by atoms with E-state index in [1.54, 1.807) is 11.1 Å². The third-order valence-electron chi connectivity index (χ3n) is 4.70. The molecule has 0 bridgehead atoms. The highest BCUT2D eigenvalue weighted by Gasteiger charge is 2.31. The fraction of sp³-hybridized carbons (Fsp3) is 0.526. The van der Waals surface area contributed by atoms with E-state index in [9.17, 15) is 4.79 Å². The quantitative estimate of drug-likeness (QED) is 0.811. The third-order valence-corrected chi connectivity index (χ3v) is 4.70. The Morgan fingerprint density at radius 2 is 2.15 bits per heavy atom. The molecule has 1 unspecified atom stereocenters. The van der Waals surface area contributed by atoms with Crippen molar-refractivity contribution in [2.24, 2.45) is 10.7 Å². The standard InChI is InChI=1S/C19H28N6O/c1-12(2)22-19(26)25-11-13(3)24(4)17-8-7-16(23-18(17)25)14(9-20)10-21-15-5-6-15/h7-10,12-13,15H,5-6,11,20H2,1-4H3,(H,22,26). The molecule has 0 saturated heterocycles. The van der Waals surface area contributed by atoms with Gasteiger partial charge >= 0.3 is 6.03 Å². The number of aromatic nitrogens is 1. The van der Waals surface area contributed by atoms with Crippen molar-refractivity contribution in [1.82, 2.24) is 10.3 Å². The summed E-state index contributed by atoms with van der Waals surface area (Å²) in [4.78, 5) is 25.8. The summed E-state index contributed by atoms with van der Waals surface area (Å²) in [6.07, 6.45) is 5.59. The van der Waals surface area contributed by atoms with Gasteiger partial charge in [-0.15, -0.1) is 0 Å². The SMILES string of the molecule is CC(C)NC(=O)N1CC(C)N(C)c2ccc(C(C=NC3CC3)=CN)nc21. The Kier molecular flexibility index (Phi) is 5.15. The molecule has 26 heavy (non-hydrogen) atoms. The van der Waals surface area contributed by atoms with Crippen molar-refractivity contribution >= 4 is 29.3 Å². The van der Waals surface area contributed by atoms with E-state index >= 15 is 0 Å². The summed E-state index contributed by atoms with van der Waals surface area (Å²) in [7, 11) is 2.02. The molecule has 2 heterocycles. The Hall–Kier alpha value is -2.57. The molecular formula is C19H28N6O. The van der Waals surface area contributed by atoms with Gasteiger partial charge in [-0.1, -0.05) is 0 Å². The lowest BCUT2D eigenvalue weighted by Gasteiger charge is -2.39. The zero-order chi connectivity index (χ0) is 18.8. The van der Waals surface area contributed by atoms with Crippen LogP contribution in [0.5, 0.6) is 0 Å². The molecular weight excluding hydrogens is 328 g/mol. The molecule has 1 aromatic heterocycles. The van der Waals surface area contributed by atoms with Gasteiger partial charge in [-0.3, -0.25) is 9.89 Å². The van der Waals surface area contributed by atoms with Crippen molar-refractivity contribution in [3.05, 3.63) is 24.0 Å². The van der Waals surface area contributed by atoms with Gasteiger partial charge in [0.25, 0.3) is 0 Å². The molecule has 1 atom stereocenters. The first-order chi connectivity index (χ1) is 12.4. The number of hydrogen-bond donors (Lipinski definition) is 2. The number of allylic oxidation sites excluding steroid dienone is 1.